The van der Waals surface area contributed by atoms with Crippen molar-refractivity contribution in [2.45, 2.75) is 32.0 Å². The van der Waals surface area contributed by atoms with Gasteiger partial charge in [0.25, 0.3) is 0 Å². The highest BCUT2D eigenvalue weighted by Crippen LogP contribution is 2.45. The highest BCUT2D eigenvalue weighted by molar-refractivity contribution is 6.30. The van der Waals surface area contributed by atoms with E-state index >= 15 is 0 Å². The van der Waals surface area contributed by atoms with Gasteiger partial charge in [-0.15, -0.1) is 0 Å². The molecule has 10 nitrogen and oxygen atoms in total. The minimum Gasteiger partial charge on any atom is -0.490 e. The predicted octanol–water partition coefficient (Wildman–Crippen LogP) is 3.83. The second kappa shape index (κ2) is 10.8. The number of urea groups is 1. The normalized spacial score (nSPS) is 19.1. The van der Waals surface area contributed by atoms with Crippen molar-refractivity contribution in [1.29, 1.82) is 5.26 Å². The van der Waals surface area contributed by atoms with Crippen molar-refractivity contribution in [3.63, 3.8) is 0 Å². The van der Waals surface area contributed by atoms with Crippen molar-refractivity contribution < 1.29 is 14.3 Å². The fraction of sp³-hybridized carbons (Fsp3) is 0.321. The van der Waals surface area contributed by atoms with Crippen LogP contribution in [0.25, 0.3) is 0 Å². The van der Waals surface area contributed by atoms with E-state index in [4.69, 9.17) is 21.3 Å². The van der Waals surface area contributed by atoms with Crippen LogP contribution < -0.4 is 10.1 Å². The molecule has 0 bridgehead atoms. The van der Waals surface area contributed by atoms with E-state index in [1.807, 2.05) is 45.3 Å². The summed E-state index contributed by atoms with van der Waals surface area (Å²) in [6.07, 6.45) is 1.63. The van der Waals surface area contributed by atoms with E-state index in [1.165, 1.54) is 4.90 Å². The number of aliphatic imine (C=N–C) groups is 1. The summed E-state index contributed by atoms with van der Waals surface area (Å²) in [5, 5.41) is 17.5. The number of nitriles is 1. The number of carbonyl (C=O) groups is 2. The molecular weight excluding hydrogens is 518 g/mol. The molecule has 1 N–H and O–H groups in total. The lowest BCUT2D eigenvalue weighted by Crippen LogP contribution is -2.55. The summed E-state index contributed by atoms with van der Waals surface area (Å²) in [6, 6.07) is 14.9. The number of piperazine rings is 1. The number of nitrogens with one attached hydrogen (secondary N) is 1. The van der Waals surface area contributed by atoms with Gasteiger partial charge < -0.3 is 15.0 Å². The van der Waals surface area contributed by atoms with Gasteiger partial charge in [-0.1, -0.05) is 23.7 Å². The zero-order chi connectivity index (χ0) is 27.7. The quantitative estimate of drug-likeness (QED) is 0.523. The highest BCUT2D eigenvalue weighted by Gasteiger charge is 2.46. The lowest BCUT2D eigenvalue weighted by atomic mass is 9.97. The van der Waals surface area contributed by atoms with E-state index < -0.39 is 12.1 Å². The zero-order valence-corrected chi connectivity index (χ0v) is 22.6. The number of aromatic nitrogens is 2. The molecule has 2 unspecified atom stereocenters. The van der Waals surface area contributed by atoms with Crippen LogP contribution in [0.2, 0.25) is 5.02 Å². The van der Waals surface area contributed by atoms with Crippen molar-refractivity contribution in [1.82, 2.24) is 24.9 Å². The molecule has 2 aliphatic rings. The van der Waals surface area contributed by atoms with Crippen LogP contribution in [0.15, 0.2) is 59.7 Å². The van der Waals surface area contributed by atoms with Gasteiger partial charge in [0, 0.05) is 31.4 Å². The fourth-order valence-corrected chi connectivity index (χ4v) is 4.96. The number of carbonyl (C=O) groups excluding carboxylic acids is 2. The number of halogens is 1. The van der Waals surface area contributed by atoms with Crippen LogP contribution in [-0.2, 0) is 11.8 Å². The molecule has 1 aromatic heterocycles. The zero-order valence-electron chi connectivity index (χ0n) is 21.8. The molecule has 0 radical (unpaired) electrons. The molecule has 2 aromatic carbocycles. The van der Waals surface area contributed by atoms with Crippen LogP contribution in [0.3, 0.4) is 0 Å². The van der Waals surface area contributed by atoms with Gasteiger partial charge in [-0.05, 0) is 55.8 Å². The van der Waals surface area contributed by atoms with Gasteiger partial charge in [0.1, 0.15) is 30.2 Å². The maximum absolute atomic E-state index is 14.2. The molecule has 0 spiro atoms. The van der Waals surface area contributed by atoms with Crippen LogP contribution in [0, 0.1) is 11.3 Å². The molecule has 1 saturated heterocycles. The lowest BCUT2D eigenvalue weighted by molar-refractivity contribution is -0.123. The Hall–Kier alpha value is -4.36. The second-order valence-corrected chi connectivity index (χ2v) is 10.2. The summed E-state index contributed by atoms with van der Waals surface area (Å²) in [7, 11) is 1.81. The molecule has 3 amide bonds. The van der Waals surface area contributed by atoms with Crippen molar-refractivity contribution in [3.8, 4) is 11.8 Å². The van der Waals surface area contributed by atoms with E-state index in [0.717, 1.165) is 5.56 Å². The monoisotopic (exact) mass is 545 g/mol. The number of hydrogen-bond acceptors (Lipinski definition) is 6. The summed E-state index contributed by atoms with van der Waals surface area (Å²) in [5.74, 6) is 0.591. The summed E-state index contributed by atoms with van der Waals surface area (Å²) in [5.41, 5.74) is 2.48. The van der Waals surface area contributed by atoms with Gasteiger partial charge in [-0.3, -0.25) is 19.4 Å². The first-order valence-electron chi connectivity index (χ1n) is 12.6. The third-order valence-corrected chi connectivity index (χ3v) is 6.80. The number of amidine groups is 1. The average Bonchev–Trinajstić information content (AvgIpc) is 3.52. The Balaban J connectivity index is 1.70. The molecule has 11 heteroatoms. The summed E-state index contributed by atoms with van der Waals surface area (Å²) >= 11 is 6.19. The van der Waals surface area contributed by atoms with Crippen LogP contribution in [0.1, 0.15) is 48.3 Å². The summed E-state index contributed by atoms with van der Waals surface area (Å²) in [4.78, 5) is 34.7. The van der Waals surface area contributed by atoms with Crippen LogP contribution in [0.4, 0.5) is 4.79 Å². The van der Waals surface area contributed by atoms with E-state index in [-0.39, 0.29) is 24.6 Å². The SMILES string of the molecule is CC(C)Oc1cc(C#N)ccc1C1=NC(c2ccc(Cl)cc2)C(c2ccn(C)n2)N1C(=O)N1CCNC(=O)C1. The molecule has 39 heavy (non-hydrogen) atoms. The minimum absolute atomic E-state index is 0.0636. The van der Waals surface area contributed by atoms with Gasteiger partial charge in [0.05, 0.1) is 29.0 Å². The molecule has 0 saturated carbocycles. The molecule has 2 atom stereocenters. The molecule has 3 aromatic rings. The van der Waals surface area contributed by atoms with Crippen LogP contribution in [-0.4, -0.2) is 63.1 Å². The van der Waals surface area contributed by atoms with E-state index in [0.29, 0.717) is 46.5 Å². The Kier molecular flexibility index (Phi) is 7.26. The van der Waals surface area contributed by atoms with Crippen LogP contribution in [0.5, 0.6) is 5.75 Å². The van der Waals surface area contributed by atoms with Gasteiger partial charge >= 0.3 is 6.03 Å². The Bertz CT molecular complexity index is 1480. The Labute approximate surface area is 231 Å². The van der Waals surface area contributed by atoms with Gasteiger partial charge in [0.2, 0.25) is 5.91 Å². The number of nitrogens with zero attached hydrogens (tertiary/aromatic N) is 6. The minimum atomic E-state index is -0.609. The molecule has 2 aliphatic heterocycles. The van der Waals surface area contributed by atoms with E-state index in [2.05, 4.69) is 16.5 Å². The molecule has 200 valence electrons. The fourth-order valence-electron chi connectivity index (χ4n) is 4.83. The Morgan fingerprint density at radius 1 is 1.21 bits per heavy atom. The maximum atomic E-state index is 14.2. The second-order valence-electron chi connectivity index (χ2n) is 9.72. The van der Waals surface area contributed by atoms with Gasteiger partial charge in [0.15, 0.2) is 0 Å². The largest absolute Gasteiger partial charge is 0.490 e. The first-order valence-corrected chi connectivity index (χ1v) is 13.0. The third kappa shape index (κ3) is 5.31. The topological polar surface area (TPSA) is 116 Å². The van der Waals surface area contributed by atoms with Crippen molar-refractivity contribution in [3.05, 3.63) is 82.1 Å². The standard InChI is InChI=1S/C28H28ClN7O3/c1-17(2)39-23-14-18(15-30)4-9-21(23)27-32-25(19-5-7-20(29)8-6-19)26(22-10-12-34(3)33-22)36(27)28(38)35-13-11-31-24(37)16-35/h4-10,12,14,17,25-26H,11,13,16H2,1-3H3,(H,31,37). The number of benzene rings is 2. The van der Waals surface area contributed by atoms with Crippen molar-refractivity contribution >= 4 is 29.4 Å². The number of amides is 3. The van der Waals surface area contributed by atoms with E-state index in [9.17, 15) is 14.9 Å². The molecular formula is C28H28ClN7O3. The smallest absolute Gasteiger partial charge is 0.326 e. The molecule has 1 fully saturated rings. The Morgan fingerprint density at radius 2 is 1.97 bits per heavy atom. The highest BCUT2D eigenvalue weighted by atomic mass is 35.5. The van der Waals surface area contributed by atoms with Gasteiger partial charge in [-0.2, -0.15) is 10.4 Å². The summed E-state index contributed by atoms with van der Waals surface area (Å²) < 4.78 is 7.79. The number of ether oxygens (including phenoxy) is 1. The average molecular weight is 546 g/mol. The summed E-state index contributed by atoms with van der Waals surface area (Å²) in [6.45, 7) is 4.44. The molecule has 5 rings (SSSR count). The lowest BCUT2D eigenvalue weighted by Gasteiger charge is -2.35. The van der Waals surface area contributed by atoms with Crippen LogP contribution >= 0.6 is 11.6 Å². The predicted molar refractivity (Wildman–Crippen MR) is 145 cm³/mol. The third-order valence-electron chi connectivity index (χ3n) is 6.54. The first kappa shape index (κ1) is 26.3. The Morgan fingerprint density at radius 3 is 2.62 bits per heavy atom. The van der Waals surface area contributed by atoms with E-state index in [1.54, 1.807) is 39.9 Å². The molecule has 0 aliphatic carbocycles. The number of rotatable bonds is 5. The number of aryl methyl sites for hydroxylation is 1. The van der Waals surface area contributed by atoms with Crippen molar-refractivity contribution in [2.75, 3.05) is 19.6 Å². The van der Waals surface area contributed by atoms with Crippen molar-refractivity contribution in [2.24, 2.45) is 12.0 Å². The maximum Gasteiger partial charge on any atom is 0.326 e. The van der Waals surface area contributed by atoms with Gasteiger partial charge in [-0.25, -0.2) is 4.79 Å². The number of hydrogen-bond donors (Lipinski definition) is 1. The first-order chi connectivity index (χ1) is 18.7. The molecule has 3 heterocycles.